The zero-order valence-corrected chi connectivity index (χ0v) is 13.5. The molecule has 1 aromatic heterocycles. The van der Waals surface area contributed by atoms with Crippen molar-refractivity contribution in [1.29, 1.82) is 0 Å². The van der Waals surface area contributed by atoms with Crippen LogP contribution in [0.1, 0.15) is 39.5 Å². The highest BCUT2D eigenvalue weighted by atomic mass is 79.9. The van der Waals surface area contributed by atoms with Crippen LogP contribution in [0.4, 0.5) is 0 Å². The Balaban J connectivity index is 2.30. The van der Waals surface area contributed by atoms with Crippen LogP contribution >= 0.6 is 15.9 Å². The first-order valence-corrected chi connectivity index (χ1v) is 8.32. The van der Waals surface area contributed by atoms with Crippen LogP contribution in [0.5, 0.6) is 0 Å². The summed E-state index contributed by atoms with van der Waals surface area (Å²) in [4.78, 5) is 4.51. The Hall–Kier alpha value is -0.830. The SMILES string of the molecule is CCCC(CBr)(CCC)Cn1cnc2ccccc21. The Morgan fingerprint density at radius 2 is 1.84 bits per heavy atom. The first-order valence-electron chi connectivity index (χ1n) is 7.20. The summed E-state index contributed by atoms with van der Waals surface area (Å²) in [5.74, 6) is 0. The minimum Gasteiger partial charge on any atom is -0.330 e. The van der Waals surface area contributed by atoms with Crippen LogP contribution in [0.25, 0.3) is 11.0 Å². The molecule has 0 aliphatic carbocycles. The van der Waals surface area contributed by atoms with E-state index in [0.29, 0.717) is 5.41 Å². The molecule has 0 saturated heterocycles. The molecule has 0 fully saturated rings. The van der Waals surface area contributed by atoms with Crippen molar-refractivity contribution >= 4 is 27.0 Å². The van der Waals surface area contributed by atoms with Gasteiger partial charge in [0.15, 0.2) is 0 Å². The smallest absolute Gasteiger partial charge is 0.0958 e. The van der Waals surface area contributed by atoms with Crippen LogP contribution in [0, 0.1) is 5.41 Å². The van der Waals surface area contributed by atoms with Gasteiger partial charge in [-0.3, -0.25) is 0 Å². The van der Waals surface area contributed by atoms with E-state index in [1.54, 1.807) is 0 Å². The van der Waals surface area contributed by atoms with Gasteiger partial charge in [0.25, 0.3) is 0 Å². The lowest BCUT2D eigenvalue weighted by Crippen LogP contribution is -2.28. The average molecular weight is 323 g/mol. The third-order valence-corrected chi connectivity index (χ3v) is 5.07. The molecule has 3 heteroatoms. The first-order chi connectivity index (χ1) is 9.24. The number of aromatic nitrogens is 2. The molecule has 0 aliphatic heterocycles. The lowest BCUT2D eigenvalue weighted by atomic mass is 9.81. The first kappa shape index (κ1) is 14.6. The van der Waals surface area contributed by atoms with Crippen LogP contribution < -0.4 is 0 Å². The van der Waals surface area contributed by atoms with Crippen molar-refractivity contribution in [1.82, 2.24) is 9.55 Å². The monoisotopic (exact) mass is 322 g/mol. The number of nitrogens with zero attached hydrogens (tertiary/aromatic N) is 2. The van der Waals surface area contributed by atoms with Crippen LogP contribution in [0.3, 0.4) is 0 Å². The van der Waals surface area contributed by atoms with Crippen molar-refractivity contribution in [3.8, 4) is 0 Å². The molecule has 2 aromatic rings. The number of rotatable bonds is 7. The van der Waals surface area contributed by atoms with E-state index in [2.05, 4.69) is 63.6 Å². The fraction of sp³-hybridized carbons (Fsp3) is 0.562. The zero-order chi connectivity index (χ0) is 13.7. The van der Waals surface area contributed by atoms with Crippen molar-refractivity contribution in [2.24, 2.45) is 5.41 Å². The van der Waals surface area contributed by atoms with Crippen molar-refractivity contribution < 1.29 is 0 Å². The number of hydrogen-bond donors (Lipinski definition) is 0. The van der Waals surface area contributed by atoms with Gasteiger partial charge in [-0.25, -0.2) is 4.98 Å². The standard InChI is InChI=1S/C16H23BrN2/c1-3-9-16(11-17,10-4-2)12-19-13-18-14-7-5-6-8-15(14)19/h5-8,13H,3-4,9-12H2,1-2H3. The molecule has 0 spiro atoms. The van der Waals surface area contributed by atoms with Gasteiger partial charge in [0.2, 0.25) is 0 Å². The van der Waals surface area contributed by atoms with Gasteiger partial charge in [0.05, 0.1) is 17.4 Å². The Bertz CT molecular complexity index is 512. The van der Waals surface area contributed by atoms with Crippen molar-refractivity contribution in [3.05, 3.63) is 30.6 Å². The van der Waals surface area contributed by atoms with Gasteiger partial charge >= 0.3 is 0 Å². The van der Waals surface area contributed by atoms with Gasteiger partial charge in [0.1, 0.15) is 0 Å². The van der Waals surface area contributed by atoms with Crippen molar-refractivity contribution in [2.75, 3.05) is 5.33 Å². The van der Waals surface area contributed by atoms with Gasteiger partial charge in [-0.1, -0.05) is 54.8 Å². The molecule has 1 heterocycles. The molecule has 0 aliphatic rings. The highest BCUT2D eigenvalue weighted by molar-refractivity contribution is 9.09. The topological polar surface area (TPSA) is 17.8 Å². The van der Waals surface area contributed by atoms with Gasteiger partial charge in [0, 0.05) is 11.9 Å². The third-order valence-electron chi connectivity index (χ3n) is 3.88. The van der Waals surface area contributed by atoms with E-state index in [-0.39, 0.29) is 0 Å². The molecule has 0 atom stereocenters. The van der Waals surface area contributed by atoms with E-state index in [1.165, 1.54) is 31.2 Å². The molecule has 104 valence electrons. The van der Waals surface area contributed by atoms with Crippen LogP contribution in [-0.2, 0) is 6.54 Å². The second-order valence-electron chi connectivity index (χ2n) is 5.49. The molecule has 0 amide bonds. The van der Waals surface area contributed by atoms with E-state index in [4.69, 9.17) is 0 Å². The van der Waals surface area contributed by atoms with E-state index in [9.17, 15) is 0 Å². The van der Waals surface area contributed by atoms with Crippen LogP contribution in [0.2, 0.25) is 0 Å². The maximum absolute atomic E-state index is 4.51. The van der Waals surface area contributed by atoms with Gasteiger partial charge in [-0.2, -0.15) is 0 Å². The fourth-order valence-electron chi connectivity index (χ4n) is 3.02. The average Bonchev–Trinajstić information content (AvgIpc) is 2.83. The number of benzene rings is 1. The maximum Gasteiger partial charge on any atom is 0.0958 e. The van der Waals surface area contributed by atoms with E-state index in [1.807, 2.05) is 6.33 Å². The largest absolute Gasteiger partial charge is 0.330 e. The number of hydrogen-bond acceptors (Lipinski definition) is 1. The molecular weight excluding hydrogens is 300 g/mol. The lowest BCUT2D eigenvalue weighted by molar-refractivity contribution is 0.236. The number of fused-ring (bicyclic) bond motifs is 1. The highest BCUT2D eigenvalue weighted by Gasteiger charge is 2.28. The molecule has 2 nitrogen and oxygen atoms in total. The van der Waals surface area contributed by atoms with Crippen LogP contribution in [-0.4, -0.2) is 14.9 Å². The fourth-order valence-corrected chi connectivity index (χ4v) is 3.76. The molecule has 0 bridgehead atoms. The second kappa shape index (κ2) is 6.56. The summed E-state index contributed by atoms with van der Waals surface area (Å²) in [7, 11) is 0. The Morgan fingerprint density at radius 3 is 2.47 bits per heavy atom. The number of halogens is 1. The second-order valence-corrected chi connectivity index (χ2v) is 6.06. The summed E-state index contributed by atoms with van der Waals surface area (Å²) < 4.78 is 2.32. The Morgan fingerprint density at radius 1 is 1.16 bits per heavy atom. The van der Waals surface area contributed by atoms with Crippen molar-refractivity contribution in [2.45, 2.75) is 46.1 Å². The molecule has 0 saturated carbocycles. The predicted molar refractivity (Wildman–Crippen MR) is 85.8 cm³/mol. The summed E-state index contributed by atoms with van der Waals surface area (Å²) >= 11 is 3.75. The summed E-state index contributed by atoms with van der Waals surface area (Å²) in [6, 6.07) is 8.39. The molecule has 0 radical (unpaired) electrons. The van der Waals surface area contributed by atoms with E-state index < -0.39 is 0 Å². The molecule has 19 heavy (non-hydrogen) atoms. The van der Waals surface area contributed by atoms with Crippen LogP contribution in [0.15, 0.2) is 30.6 Å². The molecule has 0 unspecified atom stereocenters. The Labute approximate surface area is 124 Å². The Kier molecular flexibility index (Phi) is 5.03. The van der Waals surface area contributed by atoms with E-state index in [0.717, 1.165) is 17.4 Å². The van der Waals surface area contributed by atoms with Gasteiger partial charge in [-0.05, 0) is 30.4 Å². The lowest BCUT2D eigenvalue weighted by Gasteiger charge is -2.32. The van der Waals surface area contributed by atoms with Crippen molar-refractivity contribution in [3.63, 3.8) is 0 Å². The zero-order valence-electron chi connectivity index (χ0n) is 11.9. The molecule has 0 N–H and O–H groups in total. The van der Waals surface area contributed by atoms with E-state index >= 15 is 0 Å². The highest BCUT2D eigenvalue weighted by Crippen LogP contribution is 2.34. The molecular formula is C16H23BrN2. The van der Waals surface area contributed by atoms with Gasteiger partial charge in [-0.15, -0.1) is 0 Å². The summed E-state index contributed by atoms with van der Waals surface area (Å²) in [5.41, 5.74) is 2.70. The number of alkyl halides is 1. The maximum atomic E-state index is 4.51. The number of para-hydroxylation sites is 2. The summed E-state index contributed by atoms with van der Waals surface area (Å²) in [6.45, 7) is 5.61. The minimum atomic E-state index is 0.354. The molecule has 2 rings (SSSR count). The summed E-state index contributed by atoms with van der Waals surface area (Å²) in [6.07, 6.45) is 6.99. The summed E-state index contributed by atoms with van der Waals surface area (Å²) in [5, 5.41) is 1.06. The number of imidazole rings is 1. The quantitative estimate of drug-likeness (QED) is 0.654. The molecule has 1 aromatic carbocycles. The normalized spacial score (nSPS) is 12.2. The minimum absolute atomic E-state index is 0.354. The van der Waals surface area contributed by atoms with Gasteiger partial charge < -0.3 is 4.57 Å². The third kappa shape index (κ3) is 3.19. The predicted octanol–water partition coefficient (Wildman–Crippen LogP) is 5.02.